The second-order valence-electron chi connectivity index (χ2n) is 4.88. The first-order valence-corrected chi connectivity index (χ1v) is 7.58. The van der Waals surface area contributed by atoms with Crippen LogP contribution in [0.1, 0.15) is 18.9 Å². The molecule has 0 aliphatic heterocycles. The molecule has 0 bridgehead atoms. The largest absolute Gasteiger partial charge is 0.294 e. The zero-order valence-electron chi connectivity index (χ0n) is 10.4. The minimum atomic E-state index is 0.151. The van der Waals surface area contributed by atoms with E-state index >= 15 is 0 Å². The molecule has 0 saturated carbocycles. The molecule has 1 aromatic carbocycles. The van der Waals surface area contributed by atoms with E-state index in [1.807, 2.05) is 6.07 Å². The monoisotopic (exact) mass is 312 g/mol. The highest BCUT2D eigenvalue weighted by atomic mass is 79.9. The molecule has 0 atom stereocenters. The smallest absolute Gasteiger partial charge is 0.108 e. The molecule has 0 spiro atoms. The molecule has 0 aliphatic carbocycles. The van der Waals surface area contributed by atoms with Gasteiger partial charge in [0.1, 0.15) is 5.01 Å². The Morgan fingerprint density at radius 2 is 2.06 bits per heavy atom. The summed E-state index contributed by atoms with van der Waals surface area (Å²) in [4.78, 5) is 6.99. The highest BCUT2D eigenvalue weighted by molar-refractivity contribution is 9.09. The van der Waals surface area contributed by atoms with Crippen molar-refractivity contribution < 1.29 is 0 Å². The van der Waals surface area contributed by atoms with E-state index in [-0.39, 0.29) is 5.54 Å². The second kappa shape index (κ2) is 5.04. The molecule has 2 rings (SSSR count). The van der Waals surface area contributed by atoms with Crippen molar-refractivity contribution in [3.63, 3.8) is 0 Å². The van der Waals surface area contributed by atoms with Gasteiger partial charge in [-0.25, -0.2) is 4.98 Å². The summed E-state index contributed by atoms with van der Waals surface area (Å²) >= 11 is 5.34. The van der Waals surface area contributed by atoms with Crippen LogP contribution in [-0.2, 0) is 6.54 Å². The first-order valence-electron chi connectivity index (χ1n) is 5.64. The highest BCUT2D eigenvalue weighted by Gasteiger charge is 2.22. The van der Waals surface area contributed by atoms with E-state index in [1.165, 1.54) is 9.71 Å². The third-order valence-corrected chi connectivity index (χ3v) is 5.46. The minimum Gasteiger partial charge on any atom is -0.294 e. The van der Waals surface area contributed by atoms with Crippen molar-refractivity contribution in [2.75, 3.05) is 12.4 Å². The Balaban J connectivity index is 2.18. The summed E-state index contributed by atoms with van der Waals surface area (Å²) in [5.74, 6) is 0. The molecule has 2 aromatic rings. The van der Waals surface area contributed by atoms with Crippen molar-refractivity contribution in [2.45, 2.75) is 25.9 Å². The molecule has 0 unspecified atom stereocenters. The predicted octanol–water partition coefficient (Wildman–Crippen LogP) is 3.90. The summed E-state index contributed by atoms with van der Waals surface area (Å²) in [5, 5.41) is 2.14. The SMILES string of the molecule is CN(Cc1nc2ccccc2s1)C(C)(C)CBr. The van der Waals surface area contributed by atoms with Gasteiger partial charge in [-0.05, 0) is 33.0 Å². The van der Waals surface area contributed by atoms with Crippen LogP contribution in [0.2, 0.25) is 0 Å². The maximum Gasteiger partial charge on any atom is 0.108 e. The van der Waals surface area contributed by atoms with Gasteiger partial charge >= 0.3 is 0 Å². The third kappa shape index (κ3) is 2.87. The van der Waals surface area contributed by atoms with Gasteiger partial charge in [0.2, 0.25) is 0 Å². The number of aromatic nitrogens is 1. The fourth-order valence-corrected chi connectivity index (χ4v) is 2.96. The van der Waals surface area contributed by atoms with Crippen molar-refractivity contribution in [3.05, 3.63) is 29.3 Å². The molecule has 0 saturated heterocycles. The lowest BCUT2D eigenvalue weighted by molar-refractivity contribution is 0.173. The molecule has 0 N–H and O–H groups in total. The summed E-state index contributed by atoms with van der Waals surface area (Å²) in [7, 11) is 2.15. The van der Waals surface area contributed by atoms with Gasteiger partial charge in [-0.1, -0.05) is 28.1 Å². The van der Waals surface area contributed by atoms with Crippen molar-refractivity contribution >= 4 is 37.5 Å². The van der Waals surface area contributed by atoms with Crippen LogP contribution < -0.4 is 0 Å². The average molecular weight is 313 g/mol. The van der Waals surface area contributed by atoms with Crippen molar-refractivity contribution in [1.29, 1.82) is 0 Å². The Morgan fingerprint density at radius 1 is 1.35 bits per heavy atom. The summed E-state index contributed by atoms with van der Waals surface area (Å²) in [6, 6.07) is 8.31. The number of hydrogen-bond donors (Lipinski definition) is 0. The zero-order chi connectivity index (χ0) is 12.5. The number of hydrogen-bond acceptors (Lipinski definition) is 3. The molecule has 1 aromatic heterocycles. The van der Waals surface area contributed by atoms with Crippen LogP contribution in [0.3, 0.4) is 0 Å². The lowest BCUT2D eigenvalue weighted by Gasteiger charge is -2.33. The van der Waals surface area contributed by atoms with Crippen LogP contribution in [0.25, 0.3) is 10.2 Å². The van der Waals surface area contributed by atoms with E-state index in [0.717, 1.165) is 17.4 Å². The van der Waals surface area contributed by atoms with E-state index in [0.29, 0.717) is 0 Å². The first kappa shape index (κ1) is 13.0. The standard InChI is InChI=1S/C13H17BrN2S/c1-13(2,9-14)16(3)8-12-15-10-6-4-5-7-11(10)17-12/h4-7H,8-9H2,1-3H3. The number of para-hydroxylation sites is 1. The van der Waals surface area contributed by atoms with Gasteiger partial charge in [-0.2, -0.15) is 0 Å². The first-order chi connectivity index (χ1) is 8.03. The summed E-state index contributed by atoms with van der Waals surface area (Å²) in [6.45, 7) is 5.36. The number of fused-ring (bicyclic) bond motifs is 1. The third-order valence-electron chi connectivity index (χ3n) is 3.07. The van der Waals surface area contributed by atoms with Gasteiger partial charge in [0.05, 0.1) is 16.8 Å². The van der Waals surface area contributed by atoms with Gasteiger partial charge in [0, 0.05) is 10.9 Å². The van der Waals surface area contributed by atoms with Gasteiger partial charge in [0.25, 0.3) is 0 Å². The van der Waals surface area contributed by atoms with Gasteiger partial charge < -0.3 is 0 Å². The van der Waals surface area contributed by atoms with Crippen LogP contribution in [-0.4, -0.2) is 27.8 Å². The molecule has 0 radical (unpaired) electrons. The Morgan fingerprint density at radius 3 is 2.71 bits per heavy atom. The van der Waals surface area contributed by atoms with Crippen LogP contribution in [0.15, 0.2) is 24.3 Å². The van der Waals surface area contributed by atoms with Crippen molar-refractivity contribution in [3.8, 4) is 0 Å². The molecule has 17 heavy (non-hydrogen) atoms. The van der Waals surface area contributed by atoms with E-state index in [9.17, 15) is 0 Å². The maximum absolute atomic E-state index is 4.66. The van der Waals surface area contributed by atoms with E-state index < -0.39 is 0 Å². The van der Waals surface area contributed by atoms with E-state index in [4.69, 9.17) is 0 Å². The number of thiazole rings is 1. The summed E-state index contributed by atoms with van der Waals surface area (Å²) < 4.78 is 1.27. The molecule has 4 heteroatoms. The summed E-state index contributed by atoms with van der Waals surface area (Å²) in [6.07, 6.45) is 0. The van der Waals surface area contributed by atoms with Crippen LogP contribution in [0.4, 0.5) is 0 Å². The number of rotatable bonds is 4. The highest BCUT2D eigenvalue weighted by Crippen LogP contribution is 2.25. The van der Waals surface area contributed by atoms with Crippen LogP contribution in [0.5, 0.6) is 0 Å². The molecule has 0 aliphatic rings. The quantitative estimate of drug-likeness (QED) is 0.796. The summed E-state index contributed by atoms with van der Waals surface area (Å²) in [5.41, 5.74) is 1.26. The Labute approximate surface area is 115 Å². The molecule has 1 heterocycles. The number of alkyl halides is 1. The molecular formula is C13H17BrN2S. The normalized spacial score (nSPS) is 12.5. The van der Waals surface area contributed by atoms with Crippen LogP contribution in [0, 0.1) is 0 Å². The average Bonchev–Trinajstić information content (AvgIpc) is 2.70. The predicted molar refractivity (Wildman–Crippen MR) is 79.0 cm³/mol. The van der Waals surface area contributed by atoms with Gasteiger partial charge in [-0.3, -0.25) is 4.90 Å². The Kier molecular flexibility index (Phi) is 3.85. The topological polar surface area (TPSA) is 16.1 Å². The van der Waals surface area contributed by atoms with E-state index in [1.54, 1.807) is 11.3 Å². The number of halogens is 1. The van der Waals surface area contributed by atoms with Gasteiger partial charge in [-0.15, -0.1) is 11.3 Å². The minimum absolute atomic E-state index is 0.151. The molecule has 2 nitrogen and oxygen atoms in total. The van der Waals surface area contributed by atoms with Crippen LogP contribution >= 0.6 is 27.3 Å². The van der Waals surface area contributed by atoms with Gasteiger partial charge in [0.15, 0.2) is 0 Å². The fourth-order valence-electron chi connectivity index (χ4n) is 1.51. The molecule has 0 fully saturated rings. The lowest BCUT2D eigenvalue weighted by Crippen LogP contribution is -2.41. The van der Waals surface area contributed by atoms with Crippen molar-refractivity contribution in [1.82, 2.24) is 9.88 Å². The molecule has 92 valence electrons. The number of benzene rings is 1. The second-order valence-corrected chi connectivity index (χ2v) is 6.55. The van der Waals surface area contributed by atoms with E-state index in [2.05, 4.69) is 64.9 Å². The lowest BCUT2D eigenvalue weighted by atomic mass is 10.1. The fraction of sp³-hybridized carbons (Fsp3) is 0.462. The van der Waals surface area contributed by atoms with Crippen molar-refractivity contribution in [2.24, 2.45) is 0 Å². The number of nitrogens with zero attached hydrogens (tertiary/aromatic N) is 2. The zero-order valence-corrected chi connectivity index (χ0v) is 12.8. The maximum atomic E-state index is 4.66. The molecular weight excluding hydrogens is 296 g/mol. The Bertz CT molecular complexity index is 474. The Hall–Kier alpha value is -0.450. The molecule has 0 amide bonds.